The van der Waals surface area contributed by atoms with Crippen molar-refractivity contribution in [1.82, 2.24) is 9.80 Å². The molecule has 2 saturated heterocycles. The molecule has 0 aromatic rings. The van der Waals surface area contributed by atoms with Gasteiger partial charge < -0.3 is 9.64 Å². The first-order valence-corrected chi connectivity index (χ1v) is 7.24. The smallest absolute Gasteiger partial charge is 0.297 e. The summed E-state index contributed by atoms with van der Waals surface area (Å²) in [5.41, 5.74) is 0.828. The first-order chi connectivity index (χ1) is 8.54. The second kappa shape index (κ2) is 5.32. The first kappa shape index (κ1) is 13.4. The van der Waals surface area contributed by atoms with Crippen LogP contribution < -0.4 is 0 Å². The Kier molecular flexibility index (Phi) is 3.97. The number of nitrogens with zero attached hydrogens (tertiary/aromatic N) is 2. The third kappa shape index (κ3) is 2.40. The molecule has 0 aromatic heterocycles. The van der Waals surface area contributed by atoms with E-state index in [1.165, 1.54) is 4.90 Å². The van der Waals surface area contributed by atoms with E-state index in [0.717, 1.165) is 22.9 Å². The lowest BCUT2D eigenvalue weighted by molar-refractivity contribution is -0.122. The van der Waals surface area contributed by atoms with Gasteiger partial charge in [-0.1, -0.05) is 0 Å². The van der Waals surface area contributed by atoms with Crippen LogP contribution in [0.25, 0.3) is 0 Å². The number of thiocarbonyl (C=S) groups is 1. The summed E-state index contributed by atoms with van der Waals surface area (Å²) in [5.74, 6) is 1.30. The summed E-state index contributed by atoms with van der Waals surface area (Å²) in [4.78, 5) is 15.7. The van der Waals surface area contributed by atoms with Gasteiger partial charge in [0.15, 0.2) is 5.76 Å². The standard InChI is InChI=1S/C12H16N2O2S2/c1-4-14-11(15)10(16-12(14)17)8(2)7-9-13(3)5-6-18-9/h7H,4-6H2,1-3H3/b9-7-,10-8-. The first-order valence-electron chi connectivity index (χ1n) is 5.84. The fraction of sp³-hybridized carbons (Fsp3) is 0.500. The fourth-order valence-electron chi connectivity index (χ4n) is 1.82. The summed E-state index contributed by atoms with van der Waals surface area (Å²) in [6.07, 6.45) is 1.99. The van der Waals surface area contributed by atoms with Crippen LogP contribution in [0.5, 0.6) is 0 Å². The van der Waals surface area contributed by atoms with Crippen molar-refractivity contribution in [3.63, 3.8) is 0 Å². The number of hydrogen-bond donors (Lipinski definition) is 0. The molecule has 0 radical (unpaired) electrons. The summed E-state index contributed by atoms with van der Waals surface area (Å²) in [6, 6.07) is 0. The van der Waals surface area contributed by atoms with E-state index < -0.39 is 0 Å². The quantitative estimate of drug-likeness (QED) is 0.572. The number of amides is 1. The van der Waals surface area contributed by atoms with Gasteiger partial charge in [0.05, 0.1) is 5.03 Å². The number of ether oxygens (including phenoxy) is 1. The van der Waals surface area contributed by atoms with Gasteiger partial charge in [0.1, 0.15) is 0 Å². The van der Waals surface area contributed by atoms with Crippen molar-refractivity contribution >= 4 is 35.1 Å². The number of thioether (sulfide) groups is 1. The summed E-state index contributed by atoms with van der Waals surface area (Å²) in [6.45, 7) is 5.34. The average Bonchev–Trinajstić information content (AvgIpc) is 2.84. The Hall–Kier alpha value is -1.01. The maximum absolute atomic E-state index is 12.0. The molecule has 0 N–H and O–H groups in total. The van der Waals surface area contributed by atoms with Gasteiger partial charge in [-0.15, -0.1) is 11.8 Å². The van der Waals surface area contributed by atoms with Gasteiger partial charge in [0, 0.05) is 31.5 Å². The van der Waals surface area contributed by atoms with E-state index >= 15 is 0 Å². The summed E-state index contributed by atoms with van der Waals surface area (Å²) < 4.78 is 5.40. The molecule has 98 valence electrons. The third-order valence-corrected chi connectivity index (χ3v) is 4.33. The number of carbonyl (C=O) groups is 1. The van der Waals surface area contributed by atoms with Crippen LogP contribution >= 0.6 is 24.0 Å². The van der Waals surface area contributed by atoms with Crippen LogP contribution in [0.3, 0.4) is 0 Å². The molecular formula is C12H16N2O2S2. The zero-order valence-corrected chi connectivity index (χ0v) is 12.4. The third-order valence-electron chi connectivity index (χ3n) is 2.92. The van der Waals surface area contributed by atoms with Gasteiger partial charge in [-0.2, -0.15) is 0 Å². The van der Waals surface area contributed by atoms with Crippen molar-refractivity contribution in [3.8, 4) is 0 Å². The van der Waals surface area contributed by atoms with Gasteiger partial charge >= 0.3 is 0 Å². The molecule has 2 heterocycles. The monoisotopic (exact) mass is 284 g/mol. The van der Waals surface area contributed by atoms with Crippen LogP contribution in [0.4, 0.5) is 0 Å². The zero-order chi connectivity index (χ0) is 13.3. The minimum atomic E-state index is -0.137. The van der Waals surface area contributed by atoms with Crippen LogP contribution in [-0.2, 0) is 9.53 Å². The minimum absolute atomic E-state index is 0.137. The molecule has 0 unspecified atom stereocenters. The molecule has 0 atom stereocenters. The van der Waals surface area contributed by atoms with Gasteiger partial charge in [0.25, 0.3) is 11.1 Å². The molecule has 1 amide bonds. The van der Waals surface area contributed by atoms with E-state index in [2.05, 4.69) is 4.90 Å². The molecule has 4 nitrogen and oxygen atoms in total. The maximum Gasteiger partial charge on any atom is 0.297 e. The Morgan fingerprint density at radius 1 is 1.61 bits per heavy atom. The molecule has 0 aliphatic carbocycles. The Morgan fingerprint density at radius 3 is 2.83 bits per heavy atom. The van der Waals surface area contributed by atoms with E-state index in [1.807, 2.05) is 27.0 Å². The Balaban J connectivity index is 2.27. The Bertz CT molecular complexity index is 457. The molecule has 0 spiro atoms. The van der Waals surface area contributed by atoms with Crippen LogP contribution in [0.15, 0.2) is 22.4 Å². The van der Waals surface area contributed by atoms with Crippen molar-refractivity contribution in [2.75, 3.05) is 25.9 Å². The van der Waals surface area contributed by atoms with Crippen molar-refractivity contribution < 1.29 is 9.53 Å². The van der Waals surface area contributed by atoms with Crippen molar-refractivity contribution in [2.24, 2.45) is 0 Å². The molecule has 0 aromatic carbocycles. The van der Waals surface area contributed by atoms with E-state index in [1.54, 1.807) is 11.8 Å². The van der Waals surface area contributed by atoms with Crippen molar-refractivity contribution in [2.45, 2.75) is 13.8 Å². The lowest BCUT2D eigenvalue weighted by atomic mass is 10.2. The maximum atomic E-state index is 12.0. The predicted molar refractivity (Wildman–Crippen MR) is 76.9 cm³/mol. The van der Waals surface area contributed by atoms with Gasteiger partial charge in [-0.05, 0) is 32.1 Å². The van der Waals surface area contributed by atoms with Crippen LogP contribution in [0, 0.1) is 0 Å². The van der Waals surface area contributed by atoms with Crippen LogP contribution in [0.1, 0.15) is 13.8 Å². The molecule has 2 rings (SSSR count). The number of rotatable bonds is 2. The predicted octanol–water partition coefficient (Wildman–Crippen LogP) is 1.94. The summed E-state index contributed by atoms with van der Waals surface area (Å²) >= 11 is 6.82. The summed E-state index contributed by atoms with van der Waals surface area (Å²) in [5, 5.41) is 1.42. The lowest BCUT2D eigenvalue weighted by Gasteiger charge is -2.11. The molecule has 0 bridgehead atoms. The molecule has 2 aliphatic rings. The molecule has 6 heteroatoms. The second-order valence-corrected chi connectivity index (χ2v) is 5.65. The fourth-order valence-corrected chi connectivity index (χ4v) is 3.26. The van der Waals surface area contributed by atoms with Gasteiger partial charge in [-0.25, -0.2) is 0 Å². The number of allylic oxidation sites excluding steroid dienone is 2. The number of likely N-dealkylation sites (N-methyl/N-ethyl adjacent to an activating group) is 1. The number of hydrogen-bond acceptors (Lipinski definition) is 5. The molecule has 18 heavy (non-hydrogen) atoms. The van der Waals surface area contributed by atoms with Crippen LogP contribution in [0.2, 0.25) is 0 Å². The van der Waals surface area contributed by atoms with E-state index in [4.69, 9.17) is 17.0 Å². The average molecular weight is 284 g/mol. The van der Waals surface area contributed by atoms with E-state index in [0.29, 0.717) is 12.3 Å². The van der Waals surface area contributed by atoms with E-state index in [-0.39, 0.29) is 11.1 Å². The van der Waals surface area contributed by atoms with E-state index in [9.17, 15) is 4.79 Å². The second-order valence-electron chi connectivity index (χ2n) is 4.18. The highest BCUT2D eigenvalue weighted by Crippen LogP contribution is 2.29. The minimum Gasteiger partial charge on any atom is -0.425 e. The van der Waals surface area contributed by atoms with Crippen molar-refractivity contribution in [1.29, 1.82) is 0 Å². The molecule has 0 saturated carbocycles. The molecular weight excluding hydrogens is 268 g/mol. The molecule has 2 fully saturated rings. The highest BCUT2D eigenvalue weighted by Gasteiger charge is 2.33. The Labute approximate surface area is 117 Å². The van der Waals surface area contributed by atoms with Gasteiger partial charge in [0.2, 0.25) is 0 Å². The SMILES string of the molecule is CCN1C(=O)/C(=C(C)/C=C2\SCCN2C)OC1=S. The number of carbonyl (C=O) groups excluding carboxylic acids is 1. The molecule has 2 aliphatic heterocycles. The largest absolute Gasteiger partial charge is 0.425 e. The normalized spacial score (nSPS) is 25.2. The topological polar surface area (TPSA) is 32.8 Å². The van der Waals surface area contributed by atoms with Crippen LogP contribution in [-0.4, -0.2) is 46.8 Å². The zero-order valence-electron chi connectivity index (χ0n) is 10.7. The highest BCUT2D eigenvalue weighted by molar-refractivity contribution is 8.03. The van der Waals surface area contributed by atoms with Gasteiger partial charge in [-0.3, -0.25) is 9.69 Å². The summed E-state index contributed by atoms with van der Waals surface area (Å²) in [7, 11) is 2.05. The lowest BCUT2D eigenvalue weighted by Crippen LogP contribution is -2.28. The van der Waals surface area contributed by atoms with Crippen molar-refractivity contribution in [3.05, 3.63) is 22.4 Å². The Morgan fingerprint density at radius 2 is 2.33 bits per heavy atom. The highest BCUT2D eigenvalue weighted by atomic mass is 32.2.